The van der Waals surface area contributed by atoms with Crippen molar-refractivity contribution in [1.29, 1.82) is 0 Å². The average Bonchev–Trinajstić information content (AvgIpc) is 2.83. The van der Waals surface area contributed by atoms with Crippen LogP contribution in [0.5, 0.6) is 0 Å². The van der Waals surface area contributed by atoms with Gasteiger partial charge >= 0.3 is 0 Å². The molecule has 3 N–H and O–H groups in total. The zero-order valence-electron chi connectivity index (χ0n) is 7.77. The van der Waals surface area contributed by atoms with E-state index in [0.29, 0.717) is 5.56 Å². The maximum Gasteiger partial charge on any atom is 0.294 e. The van der Waals surface area contributed by atoms with Gasteiger partial charge in [-0.15, -0.1) is 0 Å². The van der Waals surface area contributed by atoms with Crippen LogP contribution in [0.25, 0.3) is 0 Å². The highest BCUT2D eigenvalue weighted by molar-refractivity contribution is 9.10. The summed E-state index contributed by atoms with van der Waals surface area (Å²) in [5.74, 6) is 0. The lowest BCUT2D eigenvalue weighted by atomic mass is 10.1. The standard InChI is InChI=1S/C9H10BrNO3S/c10-6-1-2-8(15(12,13)14)7(5-6)9(11)3-4-9/h1-2,5H,3-4,11H2,(H,12,13,14). The van der Waals surface area contributed by atoms with Crippen LogP contribution in [-0.4, -0.2) is 13.0 Å². The summed E-state index contributed by atoms with van der Waals surface area (Å²) in [6.45, 7) is 0. The highest BCUT2D eigenvalue weighted by atomic mass is 79.9. The molecule has 0 spiro atoms. The molecule has 82 valence electrons. The van der Waals surface area contributed by atoms with E-state index in [1.165, 1.54) is 6.07 Å². The Balaban J connectivity index is 2.65. The van der Waals surface area contributed by atoms with E-state index >= 15 is 0 Å². The largest absolute Gasteiger partial charge is 0.321 e. The summed E-state index contributed by atoms with van der Waals surface area (Å²) in [4.78, 5) is -0.0919. The van der Waals surface area contributed by atoms with E-state index in [4.69, 9.17) is 10.3 Å². The molecule has 0 radical (unpaired) electrons. The number of benzene rings is 1. The molecule has 0 saturated heterocycles. The van der Waals surface area contributed by atoms with Crippen LogP contribution in [0.15, 0.2) is 27.6 Å². The van der Waals surface area contributed by atoms with E-state index in [0.717, 1.165) is 17.3 Å². The van der Waals surface area contributed by atoms with E-state index < -0.39 is 15.7 Å². The summed E-state index contributed by atoms with van der Waals surface area (Å²) < 4.78 is 32.1. The molecule has 0 amide bonds. The van der Waals surface area contributed by atoms with Crippen molar-refractivity contribution < 1.29 is 13.0 Å². The lowest BCUT2D eigenvalue weighted by Gasteiger charge is -2.13. The molecule has 15 heavy (non-hydrogen) atoms. The molecule has 0 heterocycles. The quantitative estimate of drug-likeness (QED) is 0.812. The molecule has 1 fully saturated rings. The fourth-order valence-corrected chi connectivity index (χ4v) is 2.66. The minimum Gasteiger partial charge on any atom is -0.321 e. The first kappa shape index (κ1) is 11.1. The number of hydrogen-bond donors (Lipinski definition) is 2. The van der Waals surface area contributed by atoms with Gasteiger partial charge in [0.1, 0.15) is 0 Å². The van der Waals surface area contributed by atoms with Crippen molar-refractivity contribution in [1.82, 2.24) is 0 Å². The van der Waals surface area contributed by atoms with Crippen molar-refractivity contribution in [3.8, 4) is 0 Å². The zero-order chi connectivity index (χ0) is 11.3. The summed E-state index contributed by atoms with van der Waals surface area (Å²) in [7, 11) is -4.19. The van der Waals surface area contributed by atoms with Crippen LogP contribution in [0.3, 0.4) is 0 Å². The van der Waals surface area contributed by atoms with Gasteiger partial charge in [-0.2, -0.15) is 8.42 Å². The number of halogens is 1. The van der Waals surface area contributed by atoms with Gasteiger partial charge in [0.05, 0.1) is 4.90 Å². The second-order valence-electron chi connectivity index (χ2n) is 3.77. The maximum absolute atomic E-state index is 11.1. The van der Waals surface area contributed by atoms with E-state index in [9.17, 15) is 8.42 Å². The van der Waals surface area contributed by atoms with Crippen molar-refractivity contribution in [2.75, 3.05) is 0 Å². The molecule has 0 atom stereocenters. The third kappa shape index (κ3) is 2.08. The van der Waals surface area contributed by atoms with E-state index in [1.54, 1.807) is 12.1 Å². The van der Waals surface area contributed by atoms with Gasteiger partial charge in [0.2, 0.25) is 0 Å². The SMILES string of the molecule is NC1(c2cc(Br)ccc2S(=O)(=O)O)CC1. The molecule has 1 saturated carbocycles. The van der Waals surface area contributed by atoms with Gasteiger partial charge in [0, 0.05) is 10.0 Å². The Kier molecular flexibility index (Phi) is 2.42. The summed E-state index contributed by atoms with van der Waals surface area (Å²) in [5.41, 5.74) is 5.84. The van der Waals surface area contributed by atoms with Crippen LogP contribution >= 0.6 is 15.9 Å². The molecule has 1 aromatic carbocycles. The molecule has 0 aliphatic heterocycles. The van der Waals surface area contributed by atoms with Gasteiger partial charge in [-0.05, 0) is 36.6 Å². The number of nitrogens with two attached hydrogens (primary N) is 1. The number of rotatable bonds is 2. The highest BCUT2D eigenvalue weighted by Crippen LogP contribution is 2.45. The van der Waals surface area contributed by atoms with E-state index in [1.807, 2.05) is 0 Å². The highest BCUT2D eigenvalue weighted by Gasteiger charge is 2.43. The van der Waals surface area contributed by atoms with Crippen molar-refractivity contribution in [2.45, 2.75) is 23.3 Å². The predicted octanol–water partition coefficient (Wildman–Crippen LogP) is 1.64. The van der Waals surface area contributed by atoms with Gasteiger partial charge in [0.25, 0.3) is 10.1 Å². The second-order valence-corrected chi connectivity index (χ2v) is 6.08. The van der Waals surface area contributed by atoms with Crippen LogP contribution in [-0.2, 0) is 15.7 Å². The molecule has 6 heteroatoms. The molecule has 2 rings (SSSR count). The third-order valence-corrected chi connectivity index (χ3v) is 3.95. The molecule has 0 bridgehead atoms. The minimum absolute atomic E-state index is 0.0919. The monoisotopic (exact) mass is 291 g/mol. The van der Waals surface area contributed by atoms with Crippen molar-refractivity contribution in [2.24, 2.45) is 5.73 Å². The van der Waals surface area contributed by atoms with E-state index in [2.05, 4.69) is 15.9 Å². The molecule has 0 aromatic heterocycles. The van der Waals surface area contributed by atoms with Gasteiger partial charge in [-0.25, -0.2) is 0 Å². The molecular formula is C9H10BrNO3S. The normalized spacial score (nSPS) is 18.9. The second kappa shape index (κ2) is 3.28. The lowest BCUT2D eigenvalue weighted by Crippen LogP contribution is -2.22. The Labute approximate surface area is 96.4 Å². The van der Waals surface area contributed by atoms with Gasteiger partial charge in [0.15, 0.2) is 0 Å². The van der Waals surface area contributed by atoms with Crippen LogP contribution < -0.4 is 5.73 Å². The zero-order valence-corrected chi connectivity index (χ0v) is 10.2. The van der Waals surface area contributed by atoms with Crippen LogP contribution in [0, 0.1) is 0 Å². The Morgan fingerprint density at radius 3 is 2.47 bits per heavy atom. The Bertz CT molecular complexity index is 508. The summed E-state index contributed by atoms with van der Waals surface area (Å²) in [5, 5.41) is 0. The van der Waals surface area contributed by atoms with Gasteiger partial charge in [-0.1, -0.05) is 15.9 Å². The minimum atomic E-state index is -4.19. The molecule has 1 aromatic rings. The Morgan fingerprint density at radius 1 is 1.40 bits per heavy atom. The van der Waals surface area contributed by atoms with Crippen LogP contribution in [0.4, 0.5) is 0 Å². The van der Waals surface area contributed by atoms with Crippen molar-refractivity contribution in [3.63, 3.8) is 0 Å². The molecule has 1 aliphatic carbocycles. The first-order valence-electron chi connectivity index (χ1n) is 4.39. The molecule has 0 unspecified atom stereocenters. The molecular weight excluding hydrogens is 282 g/mol. The smallest absolute Gasteiger partial charge is 0.294 e. The first-order chi connectivity index (χ1) is 6.83. The number of hydrogen-bond acceptors (Lipinski definition) is 3. The first-order valence-corrected chi connectivity index (χ1v) is 6.63. The summed E-state index contributed by atoms with van der Waals surface area (Å²) in [6.07, 6.45) is 1.48. The van der Waals surface area contributed by atoms with Gasteiger partial charge < -0.3 is 5.73 Å². The third-order valence-electron chi connectivity index (χ3n) is 2.54. The topological polar surface area (TPSA) is 80.4 Å². The summed E-state index contributed by atoms with van der Waals surface area (Å²) >= 11 is 3.25. The van der Waals surface area contributed by atoms with E-state index in [-0.39, 0.29) is 4.90 Å². The van der Waals surface area contributed by atoms with Gasteiger partial charge in [-0.3, -0.25) is 4.55 Å². The van der Waals surface area contributed by atoms with Crippen LogP contribution in [0.1, 0.15) is 18.4 Å². The molecule has 4 nitrogen and oxygen atoms in total. The fourth-order valence-electron chi connectivity index (χ4n) is 1.52. The fraction of sp³-hybridized carbons (Fsp3) is 0.333. The van der Waals surface area contributed by atoms with Crippen molar-refractivity contribution >= 4 is 26.0 Å². The lowest BCUT2D eigenvalue weighted by molar-refractivity contribution is 0.480. The Morgan fingerprint density at radius 2 is 2.00 bits per heavy atom. The van der Waals surface area contributed by atoms with Crippen LogP contribution in [0.2, 0.25) is 0 Å². The maximum atomic E-state index is 11.1. The average molecular weight is 292 g/mol. The molecule has 1 aliphatic rings. The Hall–Kier alpha value is -0.430. The summed E-state index contributed by atoms with van der Waals surface area (Å²) in [6, 6.07) is 4.58. The predicted molar refractivity (Wildman–Crippen MR) is 59.1 cm³/mol. The van der Waals surface area contributed by atoms with Crippen molar-refractivity contribution in [3.05, 3.63) is 28.2 Å².